The number of aromatic hydroxyl groups is 1. The maximum absolute atomic E-state index is 13.1. The van der Waals surface area contributed by atoms with Crippen molar-refractivity contribution in [3.8, 4) is 5.75 Å². The van der Waals surface area contributed by atoms with Crippen LogP contribution in [0, 0.1) is 11.8 Å². The Hall–Kier alpha value is -5.26. The summed E-state index contributed by atoms with van der Waals surface area (Å²) in [5, 5.41) is 39.6. The van der Waals surface area contributed by atoms with E-state index in [1.165, 1.54) is 19.1 Å². The van der Waals surface area contributed by atoms with Gasteiger partial charge in [0.25, 0.3) is 0 Å². The molecule has 0 bridgehead atoms. The van der Waals surface area contributed by atoms with Crippen LogP contribution in [0.1, 0.15) is 59.4 Å². The van der Waals surface area contributed by atoms with Crippen LogP contribution in [0.25, 0.3) is 0 Å². The molecule has 0 aliphatic carbocycles. The average Bonchev–Trinajstić information content (AvgIpc) is 2.98. The normalized spacial score (nSPS) is 14.7. The van der Waals surface area contributed by atoms with Gasteiger partial charge in [0.1, 0.15) is 36.0 Å². The first-order chi connectivity index (χ1) is 22.7. The minimum atomic E-state index is -1.79. The topological polar surface area (TPSA) is 309 Å². The van der Waals surface area contributed by atoms with E-state index in [9.17, 15) is 53.7 Å². The Morgan fingerprint density at radius 2 is 1.18 bits per heavy atom. The number of nitrogens with one attached hydrogen (secondary N) is 5. The molecule has 0 spiro atoms. The Labute approximate surface area is 283 Å². The smallest absolute Gasteiger partial charge is 0.326 e. The zero-order valence-electron chi connectivity index (χ0n) is 28.0. The van der Waals surface area contributed by atoms with Crippen LogP contribution in [0.5, 0.6) is 5.75 Å². The number of hydrogen-bond acceptors (Lipinski definition) is 10. The molecule has 0 heterocycles. The lowest BCUT2D eigenvalue weighted by atomic mass is 10.0. The van der Waals surface area contributed by atoms with Gasteiger partial charge in [-0.2, -0.15) is 0 Å². The molecule has 12 N–H and O–H groups in total. The number of nitrogens with two attached hydrogens (primary N) is 2. The largest absolute Gasteiger partial charge is 0.508 e. The first-order valence-electron chi connectivity index (χ1n) is 15.5. The van der Waals surface area contributed by atoms with Crippen LogP contribution < -0.4 is 38.1 Å². The van der Waals surface area contributed by atoms with Crippen molar-refractivity contribution in [1.29, 1.82) is 0 Å². The minimum Gasteiger partial charge on any atom is -0.508 e. The maximum Gasteiger partial charge on any atom is 0.326 e. The number of primary amides is 1. The predicted octanol–water partition coefficient (Wildman–Crippen LogP) is -2.16. The van der Waals surface area contributed by atoms with E-state index in [0.29, 0.717) is 5.56 Å². The first kappa shape index (κ1) is 41.8. The number of carbonyl (C=O) groups is 8. The van der Waals surface area contributed by atoms with Crippen molar-refractivity contribution in [1.82, 2.24) is 26.6 Å². The number of phenols is 1. The molecule has 0 aromatic heterocycles. The Bertz CT molecular complexity index is 1370. The summed E-state index contributed by atoms with van der Waals surface area (Å²) in [4.78, 5) is 99.6. The van der Waals surface area contributed by atoms with Crippen LogP contribution in [-0.2, 0) is 44.8 Å². The molecule has 0 unspecified atom stereocenters. The van der Waals surface area contributed by atoms with Crippen LogP contribution in [-0.4, -0.2) is 99.0 Å². The highest BCUT2D eigenvalue weighted by atomic mass is 16.4. The molecular weight excluding hydrogens is 646 g/mol. The van der Waals surface area contributed by atoms with E-state index in [0.717, 1.165) is 0 Å². The van der Waals surface area contributed by atoms with Gasteiger partial charge in [-0.15, -0.1) is 0 Å². The van der Waals surface area contributed by atoms with Crippen molar-refractivity contribution >= 4 is 47.4 Å². The predicted molar refractivity (Wildman–Crippen MR) is 173 cm³/mol. The second-order valence-electron chi connectivity index (χ2n) is 12.4. The van der Waals surface area contributed by atoms with Crippen LogP contribution in [0.15, 0.2) is 24.3 Å². The lowest BCUT2D eigenvalue weighted by Crippen LogP contribution is -2.60. The molecular formula is C31H47N7O11. The number of phenolic OH excluding ortho intramolecular Hbond substituents is 1. The van der Waals surface area contributed by atoms with Crippen LogP contribution in [0.2, 0.25) is 0 Å². The van der Waals surface area contributed by atoms with Gasteiger partial charge in [0, 0.05) is 0 Å². The van der Waals surface area contributed by atoms with Gasteiger partial charge in [-0.1, -0.05) is 39.8 Å². The van der Waals surface area contributed by atoms with Crippen molar-refractivity contribution in [2.45, 2.75) is 96.6 Å². The number of amides is 6. The molecule has 0 radical (unpaired) electrons. The lowest BCUT2D eigenvalue weighted by molar-refractivity contribution is -0.144. The Morgan fingerprint density at radius 3 is 1.65 bits per heavy atom. The van der Waals surface area contributed by atoms with E-state index >= 15 is 0 Å². The number of hydrogen-bond donors (Lipinski definition) is 10. The summed E-state index contributed by atoms with van der Waals surface area (Å²) in [7, 11) is 0. The summed E-state index contributed by atoms with van der Waals surface area (Å²) >= 11 is 0. The standard InChI is InChI=1S/C31H47N7O11/c1-14(2)10-22(31(48)49)37-29(46)21(13-24(41)42)36-28(45)20(12-23(33)40)35-26(43)16(5)34-30(47)25(15(3)4)38-27(44)19(32)11-17-6-8-18(39)9-7-17/h6-9,14-16,19-22,25,39H,10-13,32H2,1-5H3,(H2,33,40)(H,34,47)(H,35,43)(H,36,45)(H,37,46)(H,38,44)(H,41,42)(H,48,49)/t16-,19-,20-,21-,22-,25-/m0/s1. The number of carboxylic acid groups (broad SMARTS) is 2. The first-order valence-corrected chi connectivity index (χ1v) is 15.5. The highest BCUT2D eigenvalue weighted by Gasteiger charge is 2.34. The van der Waals surface area contributed by atoms with Crippen molar-refractivity contribution in [3.05, 3.63) is 29.8 Å². The fourth-order valence-corrected chi connectivity index (χ4v) is 4.47. The number of aliphatic carboxylic acids is 2. The molecule has 1 aromatic rings. The summed E-state index contributed by atoms with van der Waals surface area (Å²) in [6, 6.07) is -2.39. The molecule has 1 rings (SSSR count). The van der Waals surface area contributed by atoms with Gasteiger partial charge in [0.2, 0.25) is 35.4 Å². The van der Waals surface area contributed by atoms with Gasteiger partial charge in [-0.25, -0.2) is 4.79 Å². The Kier molecular flexibility index (Phi) is 16.6. The Morgan fingerprint density at radius 1 is 0.673 bits per heavy atom. The lowest BCUT2D eigenvalue weighted by Gasteiger charge is -2.26. The van der Waals surface area contributed by atoms with E-state index in [1.807, 2.05) is 0 Å². The molecule has 0 aliphatic rings. The molecule has 49 heavy (non-hydrogen) atoms. The molecule has 272 valence electrons. The summed E-state index contributed by atoms with van der Waals surface area (Å²) in [6.45, 7) is 7.94. The maximum atomic E-state index is 13.1. The molecule has 6 atom stereocenters. The SMILES string of the molecule is CC(C)C[C@H](NC(=O)[C@H](CC(=O)O)NC(=O)[C@H](CC(N)=O)NC(=O)[C@H](C)NC(=O)[C@@H](NC(=O)[C@@H](N)Cc1ccc(O)cc1)C(C)C)C(=O)O. The number of carbonyl (C=O) groups excluding carboxylic acids is 6. The molecule has 1 aromatic carbocycles. The van der Waals surface area contributed by atoms with E-state index in [-0.39, 0.29) is 24.5 Å². The third kappa shape index (κ3) is 15.0. The fraction of sp³-hybridized carbons (Fsp3) is 0.548. The summed E-state index contributed by atoms with van der Waals surface area (Å²) in [6.07, 6.45) is -1.63. The highest BCUT2D eigenvalue weighted by Crippen LogP contribution is 2.12. The number of benzene rings is 1. The van der Waals surface area contributed by atoms with Crippen molar-refractivity contribution in [2.75, 3.05) is 0 Å². The third-order valence-corrected chi connectivity index (χ3v) is 7.10. The second-order valence-corrected chi connectivity index (χ2v) is 12.4. The molecule has 0 aliphatic heterocycles. The summed E-state index contributed by atoms with van der Waals surface area (Å²) in [5.41, 5.74) is 11.9. The third-order valence-electron chi connectivity index (χ3n) is 7.10. The van der Waals surface area contributed by atoms with Gasteiger partial charge >= 0.3 is 11.9 Å². The second kappa shape index (κ2) is 19.5. The van der Waals surface area contributed by atoms with Crippen molar-refractivity contribution < 1.29 is 53.7 Å². The van der Waals surface area contributed by atoms with Gasteiger partial charge in [-0.05, 0) is 49.3 Å². The van der Waals surface area contributed by atoms with Gasteiger partial charge in [0.15, 0.2) is 0 Å². The van der Waals surface area contributed by atoms with Gasteiger partial charge < -0.3 is 53.4 Å². The van der Waals surface area contributed by atoms with Gasteiger partial charge in [-0.3, -0.25) is 33.6 Å². The number of rotatable bonds is 20. The molecule has 18 nitrogen and oxygen atoms in total. The summed E-state index contributed by atoms with van der Waals surface area (Å²) in [5.74, 6) is -9.25. The summed E-state index contributed by atoms with van der Waals surface area (Å²) < 4.78 is 0. The fourth-order valence-electron chi connectivity index (χ4n) is 4.47. The molecule has 0 saturated heterocycles. The van der Waals surface area contributed by atoms with Crippen molar-refractivity contribution in [2.24, 2.45) is 23.3 Å². The molecule has 18 heteroatoms. The highest BCUT2D eigenvalue weighted by molar-refractivity contribution is 5.98. The molecule has 6 amide bonds. The van der Waals surface area contributed by atoms with Crippen molar-refractivity contribution in [3.63, 3.8) is 0 Å². The van der Waals surface area contributed by atoms with E-state index < -0.39 is 102 Å². The molecule has 0 fully saturated rings. The van der Waals surface area contributed by atoms with Crippen LogP contribution in [0.4, 0.5) is 0 Å². The van der Waals surface area contributed by atoms with Crippen LogP contribution in [0.3, 0.4) is 0 Å². The van der Waals surface area contributed by atoms with E-state index in [1.54, 1.807) is 39.8 Å². The van der Waals surface area contributed by atoms with Gasteiger partial charge in [0.05, 0.1) is 18.9 Å². The zero-order chi connectivity index (χ0) is 37.6. The van der Waals surface area contributed by atoms with Crippen LogP contribution >= 0.6 is 0 Å². The van der Waals surface area contributed by atoms with E-state index in [4.69, 9.17) is 11.5 Å². The monoisotopic (exact) mass is 693 g/mol. The molecule has 0 saturated carbocycles. The quantitative estimate of drug-likeness (QED) is 0.0699. The Balaban J connectivity index is 3.00. The minimum absolute atomic E-state index is 0.00668. The number of carboxylic acids is 2. The average molecular weight is 694 g/mol. The zero-order valence-corrected chi connectivity index (χ0v) is 28.0. The van der Waals surface area contributed by atoms with E-state index in [2.05, 4.69) is 26.6 Å².